The largest absolute Gasteiger partial charge is 0.507 e. The van der Waals surface area contributed by atoms with Gasteiger partial charge >= 0.3 is 5.91 Å². The van der Waals surface area contributed by atoms with Crippen molar-refractivity contribution in [3.05, 3.63) is 80.8 Å². The van der Waals surface area contributed by atoms with Crippen LogP contribution in [0.4, 0.5) is 5.13 Å². The number of benzene rings is 2. The number of rotatable bonds is 5. The number of aliphatic hydroxyl groups is 1. The summed E-state index contributed by atoms with van der Waals surface area (Å²) in [5.74, 6) is -1.61. The van der Waals surface area contributed by atoms with E-state index in [1.54, 1.807) is 55.5 Å². The molecular weight excluding hydrogens is 464 g/mol. The Balaban J connectivity index is 1.92. The summed E-state index contributed by atoms with van der Waals surface area (Å²) in [5, 5.41) is 11.8. The van der Waals surface area contributed by atoms with Crippen LogP contribution in [0.3, 0.4) is 0 Å². The zero-order valence-electron chi connectivity index (χ0n) is 18.0. The van der Waals surface area contributed by atoms with E-state index in [-0.39, 0.29) is 22.2 Å². The van der Waals surface area contributed by atoms with E-state index in [1.165, 1.54) is 18.9 Å². The maximum atomic E-state index is 13.2. The van der Waals surface area contributed by atoms with Crippen LogP contribution in [-0.4, -0.2) is 34.7 Å². The smallest absolute Gasteiger partial charge is 0.301 e. The number of hydrogen-bond acceptors (Lipinski definition) is 7. The number of nitrogens with zero attached hydrogens (tertiary/aromatic N) is 2. The predicted molar refractivity (Wildman–Crippen MR) is 126 cm³/mol. The Bertz CT molecular complexity index is 1300. The fourth-order valence-electron chi connectivity index (χ4n) is 3.71. The number of ether oxygens (including phenoxy) is 1. The predicted octanol–water partition coefficient (Wildman–Crippen LogP) is 4.94. The number of methoxy groups -OCH3 is 1. The summed E-state index contributed by atoms with van der Waals surface area (Å²) in [6.45, 7) is 3.08. The molecule has 33 heavy (non-hydrogen) atoms. The molecule has 1 saturated heterocycles. The molecule has 0 spiro atoms. The Hall–Kier alpha value is -3.49. The van der Waals surface area contributed by atoms with E-state index in [2.05, 4.69) is 4.98 Å². The van der Waals surface area contributed by atoms with Gasteiger partial charge in [0, 0.05) is 17.5 Å². The second-order valence-corrected chi connectivity index (χ2v) is 8.83. The van der Waals surface area contributed by atoms with Crippen LogP contribution in [0, 0.1) is 6.92 Å². The first-order valence-electron chi connectivity index (χ1n) is 9.92. The van der Waals surface area contributed by atoms with Crippen molar-refractivity contribution in [1.82, 2.24) is 4.98 Å². The van der Waals surface area contributed by atoms with Gasteiger partial charge in [0.25, 0.3) is 5.78 Å². The van der Waals surface area contributed by atoms with Crippen LogP contribution in [0.15, 0.2) is 54.1 Å². The molecule has 3 aromatic rings. The highest BCUT2D eigenvalue weighted by atomic mass is 35.5. The number of thiazole rings is 1. The molecule has 1 atom stereocenters. The van der Waals surface area contributed by atoms with Crippen molar-refractivity contribution >= 4 is 51.3 Å². The average molecular weight is 483 g/mol. The molecule has 0 radical (unpaired) electrons. The van der Waals surface area contributed by atoms with Crippen molar-refractivity contribution in [2.45, 2.75) is 19.9 Å². The van der Waals surface area contributed by atoms with Gasteiger partial charge in [0.1, 0.15) is 11.5 Å². The van der Waals surface area contributed by atoms with Gasteiger partial charge in [-0.05, 0) is 48.9 Å². The van der Waals surface area contributed by atoms with Gasteiger partial charge in [0.05, 0.1) is 29.3 Å². The highest BCUT2D eigenvalue weighted by Gasteiger charge is 2.48. The second-order valence-electron chi connectivity index (χ2n) is 7.42. The maximum absolute atomic E-state index is 13.2. The van der Waals surface area contributed by atoms with Crippen molar-refractivity contribution in [2.75, 3.05) is 12.0 Å². The summed E-state index contributed by atoms with van der Waals surface area (Å²) >= 11 is 7.08. The van der Waals surface area contributed by atoms with E-state index in [9.17, 15) is 19.5 Å². The van der Waals surface area contributed by atoms with Crippen molar-refractivity contribution < 1.29 is 24.2 Å². The SMILES string of the molecule is COc1ccc(C(O)=C2C(=O)C(=O)N(c3nc(C)c(C(C)=O)s3)[C@@H]2c2ccc(Cl)cc2)cc1. The summed E-state index contributed by atoms with van der Waals surface area (Å²) < 4.78 is 5.15. The number of Topliss-reactive ketones (excluding diaryl/α,β-unsaturated/α-hetero) is 2. The lowest BCUT2D eigenvalue weighted by atomic mass is 9.95. The number of hydrogen-bond donors (Lipinski definition) is 1. The van der Waals surface area contributed by atoms with E-state index in [1.807, 2.05) is 0 Å². The molecular formula is C24H19ClN2O5S. The molecule has 1 aliphatic rings. The number of carbonyl (C=O) groups excluding carboxylic acids is 3. The normalized spacial score (nSPS) is 17.5. The Morgan fingerprint density at radius 3 is 2.30 bits per heavy atom. The summed E-state index contributed by atoms with van der Waals surface area (Å²) in [4.78, 5) is 44.3. The molecule has 2 aromatic carbocycles. The van der Waals surface area contributed by atoms with Gasteiger partial charge in [-0.25, -0.2) is 4.98 Å². The second kappa shape index (κ2) is 8.80. The van der Waals surface area contributed by atoms with E-state index in [0.29, 0.717) is 32.5 Å². The molecule has 0 saturated carbocycles. The van der Waals surface area contributed by atoms with E-state index in [0.717, 1.165) is 11.3 Å². The Morgan fingerprint density at radius 2 is 1.76 bits per heavy atom. The highest BCUT2D eigenvalue weighted by Crippen LogP contribution is 2.44. The first-order chi connectivity index (χ1) is 15.7. The van der Waals surface area contributed by atoms with Crippen LogP contribution in [0.2, 0.25) is 5.02 Å². The topological polar surface area (TPSA) is 96.8 Å². The van der Waals surface area contributed by atoms with Gasteiger partial charge in [-0.15, -0.1) is 0 Å². The first kappa shape index (κ1) is 22.7. The van der Waals surface area contributed by atoms with Crippen LogP contribution in [0.25, 0.3) is 5.76 Å². The zero-order chi connectivity index (χ0) is 23.9. The lowest BCUT2D eigenvalue weighted by molar-refractivity contribution is -0.132. The Labute approximate surface area is 198 Å². The number of amides is 1. The third kappa shape index (κ3) is 4.03. The van der Waals surface area contributed by atoms with Crippen molar-refractivity contribution in [3.8, 4) is 5.75 Å². The van der Waals surface area contributed by atoms with Gasteiger partial charge in [0.15, 0.2) is 10.9 Å². The molecule has 168 valence electrons. The number of ketones is 2. The monoisotopic (exact) mass is 482 g/mol. The Kier molecular flexibility index (Phi) is 6.05. The molecule has 1 fully saturated rings. The molecule has 2 heterocycles. The Morgan fingerprint density at radius 1 is 1.12 bits per heavy atom. The summed E-state index contributed by atoms with van der Waals surface area (Å²) in [5.41, 5.74) is 1.30. The lowest BCUT2D eigenvalue weighted by Gasteiger charge is -2.23. The summed E-state index contributed by atoms with van der Waals surface area (Å²) in [6, 6.07) is 12.2. The van der Waals surface area contributed by atoms with Crippen molar-refractivity contribution in [3.63, 3.8) is 0 Å². The third-order valence-electron chi connectivity index (χ3n) is 5.30. The van der Waals surface area contributed by atoms with Gasteiger partial charge in [-0.3, -0.25) is 19.3 Å². The van der Waals surface area contributed by atoms with Gasteiger partial charge in [-0.1, -0.05) is 35.1 Å². The maximum Gasteiger partial charge on any atom is 0.301 e. The average Bonchev–Trinajstić information content (AvgIpc) is 3.31. The molecule has 1 N–H and O–H groups in total. The van der Waals surface area contributed by atoms with Crippen molar-refractivity contribution in [2.24, 2.45) is 0 Å². The molecule has 0 aliphatic carbocycles. The fourth-order valence-corrected chi connectivity index (χ4v) is 4.82. The van der Waals surface area contributed by atoms with Crippen LogP contribution >= 0.6 is 22.9 Å². The van der Waals surface area contributed by atoms with Gasteiger partial charge < -0.3 is 9.84 Å². The van der Waals surface area contributed by atoms with Crippen LogP contribution in [0.5, 0.6) is 5.75 Å². The molecule has 0 unspecified atom stereocenters. The standard InChI is InChI=1S/C24H19ClN2O5S/c1-12-22(13(2)28)33-24(26-12)27-19(14-4-8-16(25)9-5-14)18(21(30)23(27)31)20(29)15-6-10-17(32-3)11-7-15/h4-11,19,29H,1-3H3/t19-/m1/s1. The van der Waals surface area contributed by atoms with Gasteiger partial charge in [-0.2, -0.15) is 0 Å². The molecule has 1 aliphatic heterocycles. The number of aryl methyl sites for hydroxylation is 1. The minimum Gasteiger partial charge on any atom is -0.507 e. The molecule has 9 heteroatoms. The minimum absolute atomic E-state index is 0.0790. The minimum atomic E-state index is -0.949. The number of aromatic nitrogens is 1. The third-order valence-corrected chi connectivity index (χ3v) is 6.81. The zero-order valence-corrected chi connectivity index (χ0v) is 19.5. The van der Waals surface area contributed by atoms with E-state index >= 15 is 0 Å². The highest BCUT2D eigenvalue weighted by molar-refractivity contribution is 7.18. The molecule has 4 rings (SSSR count). The lowest BCUT2D eigenvalue weighted by Crippen LogP contribution is -2.29. The van der Waals surface area contributed by atoms with Crippen LogP contribution in [0.1, 0.15) is 39.5 Å². The number of aliphatic hydroxyl groups excluding tert-OH is 1. The van der Waals surface area contributed by atoms with Crippen molar-refractivity contribution in [1.29, 1.82) is 0 Å². The fraction of sp³-hybridized carbons (Fsp3) is 0.167. The number of anilines is 1. The summed E-state index contributed by atoms with van der Waals surface area (Å²) in [6.07, 6.45) is 0. The quantitative estimate of drug-likeness (QED) is 0.239. The number of halogens is 1. The van der Waals surface area contributed by atoms with Gasteiger partial charge in [0.2, 0.25) is 0 Å². The van der Waals surface area contributed by atoms with E-state index in [4.69, 9.17) is 16.3 Å². The molecule has 7 nitrogen and oxygen atoms in total. The van der Waals surface area contributed by atoms with Crippen LogP contribution < -0.4 is 9.64 Å². The number of carbonyl (C=O) groups is 3. The molecule has 0 bridgehead atoms. The molecule has 1 aromatic heterocycles. The van der Waals surface area contributed by atoms with Crippen LogP contribution in [-0.2, 0) is 9.59 Å². The first-order valence-corrected chi connectivity index (χ1v) is 11.1. The summed E-state index contributed by atoms with van der Waals surface area (Å²) in [7, 11) is 1.52. The van der Waals surface area contributed by atoms with E-state index < -0.39 is 17.7 Å². The molecule has 1 amide bonds.